The van der Waals surface area contributed by atoms with Crippen molar-refractivity contribution in [3.63, 3.8) is 0 Å². The van der Waals surface area contributed by atoms with Crippen LogP contribution in [0.4, 0.5) is 11.5 Å². The highest BCUT2D eigenvalue weighted by Crippen LogP contribution is 2.30. The number of benzene rings is 2. The molecule has 9 heteroatoms. The van der Waals surface area contributed by atoms with Crippen molar-refractivity contribution >= 4 is 46.5 Å². The number of rotatable bonds is 4. The van der Waals surface area contributed by atoms with Crippen LogP contribution in [0.1, 0.15) is 12.0 Å². The second kappa shape index (κ2) is 9.31. The summed E-state index contributed by atoms with van der Waals surface area (Å²) in [5.41, 5.74) is 3.87. The first-order valence-electron chi connectivity index (χ1n) is 11.3. The molecule has 2 aliphatic heterocycles. The first-order valence-corrected chi connectivity index (χ1v) is 12.1. The summed E-state index contributed by atoms with van der Waals surface area (Å²) in [7, 11) is 0. The van der Waals surface area contributed by atoms with Gasteiger partial charge in [-0.1, -0.05) is 41.4 Å². The fraction of sp³-hybridized carbons (Fsp3) is 0.320. The number of fused-ring (bicyclic) bond motifs is 1. The molecule has 2 aliphatic rings. The van der Waals surface area contributed by atoms with Gasteiger partial charge < -0.3 is 9.80 Å². The van der Waals surface area contributed by atoms with Crippen molar-refractivity contribution in [1.29, 1.82) is 0 Å². The lowest BCUT2D eigenvalue weighted by atomic mass is 10.1. The number of carbonyl (C=O) groups is 2. The monoisotopic (exact) mass is 497 g/mol. The van der Waals surface area contributed by atoms with E-state index in [1.165, 1.54) is 0 Å². The van der Waals surface area contributed by atoms with E-state index in [0.29, 0.717) is 41.9 Å². The molecule has 0 saturated carbocycles. The number of carbonyl (C=O) groups excluding carboxylic acids is 2. The molecular weight excluding hydrogens is 473 g/mol. The van der Waals surface area contributed by atoms with Crippen LogP contribution in [0.3, 0.4) is 0 Å². The lowest BCUT2D eigenvalue weighted by Gasteiger charge is -2.38. The zero-order valence-electron chi connectivity index (χ0n) is 18.9. The van der Waals surface area contributed by atoms with Crippen molar-refractivity contribution in [3.8, 4) is 11.3 Å². The number of anilines is 2. The quantitative estimate of drug-likeness (QED) is 0.540. The molecule has 0 radical (unpaired) electrons. The molecule has 0 bridgehead atoms. The molecule has 1 aromatic heterocycles. The van der Waals surface area contributed by atoms with E-state index in [0.717, 1.165) is 35.6 Å². The normalized spacial score (nSPS) is 16.1. The number of hydrogen-bond acceptors (Lipinski definition) is 4. The number of amides is 2. The Morgan fingerprint density at radius 3 is 2.50 bits per heavy atom. The highest BCUT2D eigenvalue weighted by Gasteiger charge is 2.31. The maximum atomic E-state index is 13.2. The van der Waals surface area contributed by atoms with E-state index in [-0.39, 0.29) is 18.4 Å². The molecule has 7 nitrogen and oxygen atoms in total. The van der Waals surface area contributed by atoms with Gasteiger partial charge in [-0.05, 0) is 36.8 Å². The predicted octanol–water partition coefficient (Wildman–Crippen LogP) is 4.25. The first-order chi connectivity index (χ1) is 16.4. The Morgan fingerprint density at radius 1 is 0.971 bits per heavy atom. The van der Waals surface area contributed by atoms with E-state index >= 15 is 0 Å². The molecule has 0 atom stereocenters. The molecule has 176 valence electrons. The van der Waals surface area contributed by atoms with Crippen molar-refractivity contribution in [2.75, 3.05) is 42.5 Å². The van der Waals surface area contributed by atoms with E-state index in [9.17, 15) is 9.59 Å². The minimum Gasteiger partial charge on any atom is -0.368 e. The van der Waals surface area contributed by atoms with Gasteiger partial charge in [-0.2, -0.15) is 5.10 Å². The average molecular weight is 498 g/mol. The zero-order valence-corrected chi connectivity index (χ0v) is 20.4. The maximum Gasteiger partial charge on any atom is 0.242 e. The summed E-state index contributed by atoms with van der Waals surface area (Å²) < 4.78 is 1.80. The summed E-state index contributed by atoms with van der Waals surface area (Å²) in [5.74, 6) is 0.522. The summed E-state index contributed by atoms with van der Waals surface area (Å²) in [5, 5.41) is 5.98. The summed E-state index contributed by atoms with van der Waals surface area (Å²) in [6.07, 6.45) is 0.318. The molecule has 0 unspecified atom stereocenters. The highest BCUT2D eigenvalue weighted by molar-refractivity contribution is 6.31. The Kier molecular flexibility index (Phi) is 6.23. The molecule has 5 rings (SSSR count). The van der Waals surface area contributed by atoms with E-state index in [1.807, 2.05) is 53.4 Å². The molecule has 1 saturated heterocycles. The van der Waals surface area contributed by atoms with Gasteiger partial charge in [-0.25, -0.2) is 4.68 Å². The molecule has 3 heterocycles. The number of aromatic nitrogens is 2. The number of aryl methyl sites for hydroxylation is 2. The summed E-state index contributed by atoms with van der Waals surface area (Å²) in [6, 6.07) is 15.2. The second-order valence-corrected chi connectivity index (χ2v) is 9.52. The van der Waals surface area contributed by atoms with Gasteiger partial charge in [0.2, 0.25) is 11.8 Å². The van der Waals surface area contributed by atoms with Gasteiger partial charge in [0.25, 0.3) is 0 Å². The number of hydrogen-bond donors (Lipinski definition) is 0. The Bertz CT molecular complexity index is 1250. The summed E-state index contributed by atoms with van der Waals surface area (Å²) >= 11 is 12.3. The fourth-order valence-corrected chi connectivity index (χ4v) is 4.92. The van der Waals surface area contributed by atoms with Crippen molar-refractivity contribution in [2.45, 2.75) is 19.9 Å². The largest absolute Gasteiger partial charge is 0.368 e. The minimum absolute atomic E-state index is 0.00963. The van der Waals surface area contributed by atoms with Crippen LogP contribution in [-0.4, -0.2) is 59.2 Å². The molecular formula is C25H25Cl2N5O2. The SMILES string of the molecule is Cc1ccc(Cl)cc1N1CCN(C(=O)CN2C(=O)CCn3nc(-c4cccc(Cl)c4)cc32)CC1. The van der Waals surface area contributed by atoms with E-state index in [4.69, 9.17) is 23.2 Å². The van der Waals surface area contributed by atoms with Gasteiger partial charge in [0.1, 0.15) is 12.4 Å². The van der Waals surface area contributed by atoms with Crippen LogP contribution in [0.15, 0.2) is 48.5 Å². The van der Waals surface area contributed by atoms with Crippen LogP contribution in [-0.2, 0) is 16.1 Å². The number of halogens is 2. The van der Waals surface area contributed by atoms with Gasteiger partial charge in [-0.15, -0.1) is 0 Å². The van der Waals surface area contributed by atoms with Gasteiger partial charge in [0, 0.05) is 60.0 Å². The van der Waals surface area contributed by atoms with E-state index < -0.39 is 0 Å². The lowest BCUT2D eigenvalue weighted by molar-refractivity contribution is -0.132. The molecule has 2 amide bonds. The van der Waals surface area contributed by atoms with Gasteiger partial charge in [0.15, 0.2) is 0 Å². The van der Waals surface area contributed by atoms with Crippen molar-refractivity contribution in [3.05, 3.63) is 64.1 Å². The predicted molar refractivity (Wildman–Crippen MR) is 135 cm³/mol. The van der Waals surface area contributed by atoms with Crippen LogP contribution in [0.2, 0.25) is 10.0 Å². The fourth-order valence-electron chi connectivity index (χ4n) is 4.57. The van der Waals surface area contributed by atoms with E-state index in [1.54, 1.807) is 9.58 Å². The minimum atomic E-state index is -0.0633. The van der Waals surface area contributed by atoms with Crippen LogP contribution >= 0.6 is 23.2 Å². The van der Waals surface area contributed by atoms with Gasteiger partial charge in [-0.3, -0.25) is 14.5 Å². The van der Waals surface area contributed by atoms with Crippen molar-refractivity contribution < 1.29 is 9.59 Å². The molecule has 3 aromatic rings. The van der Waals surface area contributed by atoms with Crippen LogP contribution in [0.25, 0.3) is 11.3 Å². The molecule has 1 fully saturated rings. The first kappa shape index (κ1) is 22.7. The smallest absolute Gasteiger partial charge is 0.242 e. The summed E-state index contributed by atoms with van der Waals surface area (Å²) in [6.45, 7) is 5.20. The third-order valence-electron chi connectivity index (χ3n) is 6.43. The van der Waals surface area contributed by atoms with Crippen LogP contribution in [0.5, 0.6) is 0 Å². The molecule has 0 aliphatic carbocycles. The highest BCUT2D eigenvalue weighted by atomic mass is 35.5. The molecule has 0 spiro atoms. The molecule has 34 heavy (non-hydrogen) atoms. The number of piperazine rings is 1. The second-order valence-electron chi connectivity index (χ2n) is 8.65. The molecule has 0 N–H and O–H groups in total. The third-order valence-corrected chi connectivity index (χ3v) is 6.90. The van der Waals surface area contributed by atoms with Crippen LogP contribution < -0.4 is 9.80 Å². The van der Waals surface area contributed by atoms with Crippen LogP contribution in [0, 0.1) is 6.92 Å². The number of nitrogens with zero attached hydrogens (tertiary/aromatic N) is 5. The Balaban J connectivity index is 1.28. The zero-order chi connectivity index (χ0) is 23.8. The van der Waals surface area contributed by atoms with Gasteiger partial charge >= 0.3 is 0 Å². The summed E-state index contributed by atoms with van der Waals surface area (Å²) in [4.78, 5) is 31.5. The van der Waals surface area contributed by atoms with Gasteiger partial charge in [0.05, 0.1) is 12.2 Å². The van der Waals surface area contributed by atoms with E-state index in [2.05, 4.69) is 16.9 Å². The molecule has 2 aromatic carbocycles. The topological polar surface area (TPSA) is 61.7 Å². The Hall–Kier alpha value is -3.03. The lowest BCUT2D eigenvalue weighted by Crippen LogP contribution is -2.52. The average Bonchev–Trinajstić information content (AvgIpc) is 3.27. The van der Waals surface area contributed by atoms with Crippen molar-refractivity contribution in [1.82, 2.24) is 14.7 Å². The Labute approximate surface area is 208 Å². The maximum absolute atomic E-state index is 13.2. The van der Waals surface area contributed by atoms with Crippen molar-refractivity contribution in [2.24, 2.45) is 0 Å². The Morgan fingerprint density at radius 2 is 1.74 bits per heavy atom. The standard InChI is InChI=1S/C25H25Cl2N5O2/c1-17-5-6-20(27)14-22(17)29-9-11-30(12-10-29)25(34)16-31-23-15-21(18-3-2-4-19(26)13-18)28-32(23)8-7-24(31)33/h2-6,13-15H,7-12,16H2,1H3. The third kappa shape index (κ3) is 4.50.